The van der Waals surface area contributed by atoms with Crippen LogP contribution in [0.25, 0.3) is 0 Å². The lowest BCUT2D eigenvalue weighted by Gasteiger charge is -2.11. The molecule has 2 unspecified atom stereocenters. The van der Waals surface area contributed by atoms with Crippen LogP contribution in [0.4, 0.5) is 0 Å². The molecule has 0 spiro atoms. The van der Waals surface area contributed by atoms with Gasteiger partial charge in [0.25, 0.3) is 0 Å². The number of rotatable bonds is 5. The molecule has 2 atom stereocenters. The molecule has 90 valence electrons. The van der Waals surface area contributed by atoms with Crippen molar-refractivity contribution in [1.82, 2.24) is 10.3 Å². The number of ether oxygens (including phenoxy) is 1. The van der Waals surface area contributed by atoms with Crippen molar-refractivity contribution in [2.45, 2.75) is 45.3 Å². The summed E-state index contributed by atoms with van der Waals surface area (Å²) in [7, 11) is 0. The summed E-state index contributed by atoms with van der Waals surface area (Å²) in [5.74, 6) is 0. The third kappa shape index (κ3) is 3.54. The highest BCUT2D eigenvalue weighted by molar-refractivity contribution is 7.09. The van der Waals surface area contributed by atoms with Crippen molar-refractivity contribution >= 4 is 11.3 Å². The standard InChI is InChI=1S/C12H20N2OS/c1-9-8-16-12(14-9)5-6-13-7-11-4-3-10(2)15-11/h8,10-11,13H,3-7H2,1-2H3. The molecule has 0 bridgehead atoms. The molecule has 1 aliphatic heterocycles. The lowest BCUT2D eigenvalue weighted by atomic mass is 10.2. The third-order valence-electron chi connectivity index (χ3n) is 2.87. The van der Waals surface area contributed by atoms with Crippen LogP contribution in [-0.2, 0) is 11.2 Å². The van der Waals surface area contributed by atoms with E-state index in [2.05, 4.69) is 22.6 Å². The lowest BCUT2D eigenvalue weighted by molar-refractivity contribution is 0.0562. The number of aromatic nitrogens is 1. The Kier molecular flexibility index (Phi) is 4.32. The molecule has 1 aromatic rings. The van der Waals surface area contributed by atoms with E-state index < -0.39 is 0 Å². The molecule has 1 aliphatic rings. The molecule has 0 saturated carbocycles. The van der Waals surface area contributed by atoms with Gasteiger partial charge in [-0.05, 0) is 26.7 Å². The number of hydrogen-bond acceptors (Lipinski definition) is 4. The van der Waals surface area contributed by atoms with Crippen LogP contribution in [0.2, 0.25) is 0 Å². The monoisotopic (exact) mass is 240 g/mol. The highest BCUT2D eigenvalue weighted by Gasteiger charge is 2.20. The van der Waals surface area contributed by atoms with E-state index in [0.29, 0.717) is 12.2 Å². The van der Waals surface area contributed by atoms with Gasteiger partial charge in [0.1, 0.15) is 0 Å². The number of aryl methyl sites for hydroxylation is 1. The van der Waals surface area contributed by atoms with E-state index in [1.54, 1.807) is 11.3 Å². The predicted molar refractivity (Wildman–Crippen MR) is 67.0 cm³/mol. The first kappa shape index (κ1) is 12.0. The first-order chi connectivity index (χ1) is 7.74. The van der Waals surface area contributed by atoms with Crippen molar-refractivity contribution in [3.05, 3.63) is 16.1 Å². The second kappa shape index (κ2) is 5.75. The average Bonchev–Trinajstić information content (AvgIpc) is 2.83. The van der Waals surface area contributed by atoms with Crippen LogP contribution < -0.4 is 5.32 Å². The Balaban J connectivity index is 1.58. The van der Waals surface area contributed by atoms with Crippen LogP contribution in [0.15, 0.2) is 5.38 Å². The number of thiazole rings is 1. The van der Waals surface area contributed by atoms with Crippen molar-refractivity contribution < 1.29 is 4.74 Å². The molecule has 2 rings (SSSR count). The second-order valence-corrected chi connectivity index (χ2v) is 5.43. The Morgan fingerprint density at radius 2 is 2.44 bits per heavy atom. The van der Waals surface area contributed by atoms with Gasteiger partial charge in [-0.3, -0.25) is 0 Å². The molecule has 0 aromatic carbocycles. The van der Waals surface area contributed by atoms with Crippen LogP contribution in [0.5, 0.6) is 0 Å². The number of nitrogens with one attached hydrogen (secondary N) is 1. The Labute approximate surface area is 101 Å². The van der Waals surface area contributed by atoms with Crippen molar-refractivity contribution in [1.29, 1.82) is 0 Å². The van der Waals surface area contributed by atoms with Gasteiger partial charge in [-0.25, -0.2) is 4.98 Å². The highest BCUT2D eigenvalue weighted by Crippen LogP contribution is 2.18. The summed E-state index contributed by atoms with van der Waals surface area (Å²) in [5, 5.41) is 6.78. The maximum atomic E-state index is 5.74. The first-order valence-electron chi connectivity index (χ1n) is 6.01. The van der Waals surface area contributed by atoms with Crippen molar-refractivity contribution in [2.24, 2.45) is 0 Å². The minimum absolute atomic E-state index is 0.424. The third-order valence-corrected chi connectivity index (χ3v) is 3.90. The average molecular weight is 240 g/mol. The number of hydrogen-bond donors (Lipinski definition) is 1. The SMILES string of the molecule is Cc1csc(CCNCC2CCC(C)O2)n1. The summed E-state index contributed by atoms with van der Waals surface area (Å²) in [4.78, 5) is 4.44. The van der Waals surface area contributed by atoms with E-state index in [1.807, 2.05) is 6.92 Å². The zero-order valence-electron chi connectivity index (χ0n) is 10.0. The molecule has 1 N–H and O–H groups in total. The molecule has 16 heavy (non-hydrogen) atoms. The van der Waals surface area contributed by atoms with Crippen LogP contribution >= 0.6 is 11.3 Å². The molecule has 0 aliphatic carbocycles. The van der Waals surface area contributed by atoms with Gasteiger partial charge in [-0.2, -0.15) is 0 Å². The maximum absolute atomic E-state index is 5.74. The van der Waals surface area contributed by atoms with Gasteiger partial charge in [-0.1, -0.05) is 0 Å². The second-order valence-electron chi connectivity index (χ2n) is 4.48. The fourth-order valence-corrected chi connectivity index (χ4v) is 2.79. The lowest BCUT2D eigenvalue weighted by Crippen LogP contribution is -2.28. The summed E-state index contributed by atoms with van der Waals surface area (Å²) in [5.41, 5.74) is 1.13. The van der Waals surface area contributed by atoms with E-state index in [0.717, 1.165) is 25.2 Å². The molecular weight excluding hydrogens is 220 g/mol. The van der Waals surface area contributed by atoms with Gasteiger partial charge in [0, 0.05) is 30.6 Å². The van der Waals surface area contributed by atoms with Crippen LogP contribution in [-0.4, -0.2) is 30.3 Å². The Morgan fingerprint density at radius 3 is 3.06 bits per heavy atom. The zero-order chi connectivity index (χ0) is 11.4. The quantitative estimate of drug-likeness (QED) is 0.801. The minimum Gasteiger partial charge on any atom is -0.374 e. The largest absolute Gasteiger partial charge is 0.374 e. The molecule has 0 amide bonds. The highest BCUT2D eigenvalue weighted by atomic mass is 32.1. The first-order valence-corrected chi connectivity index (χ1v) is 6.89. The summed E-state index contributed by atoms with van der Waals surface area (Å²) in [6.07, 6.45) is 4.31. The predicted octanol–water partition coefficient (Wildman–Crippen LogP) is 2.15. The fraction of sp³-hybridized carbons (Fsp3) is 0.750. The topological polar surface area (TPSA) is 34.1 Å². The number of nitrogens with zero attached hydrogens (tertiary/aromatic N) is 1. The van der Waals surface area contributed by atoms with E-state index in [9.17, 15) is 0 Å². The van der Waals surface area contributed by atoms with Crippen LogP contribution in [0.3, 0.4) is 0 Å². The van der Waals surface area contributed by atoms with E-state index in [4.69, 9.17) is 4.74 Å². The molecule has 1 fully saturated rings. The van der Waals surface area contributed by atoms with Gasteiger partial charge < -0.3 is 10.1 Å². The van der Waals surface area contributed by atoms with Crippen LogP contribution in [0, 0.1) is 6.92 Å². The summed E-state index contributed by atoms with van der Waals surface area (Å²) < 4.78 is 5.74. The molecule has 1 saturated heterocycles. The molecule has 4 heteroatoms. The Bertz CT molecular complexity index is 327. The molecule has 3 nitrogen and oxygen atoms in total. The van der Waals surface area contributed by atoms with Crippen molar-refractivity contribution in [3.8, 4) is 0 Å². The molecule has 2 heterocycles. The van der Waals surface area contributed by atoms with Gasteiger partial charge in [0.05, 0.1) is 17.2 Å². The Morgan fingerprint density at radius 1 is 1.56 bits per heavy atom. The summed E-state index contributed by atoms with van der Waals surface area (Å²) in [6, 6.07) is 0. The zero-order valence-corrected chi connectivity index (χ0v) is 10.8. The van der Waals surface area contributed by atoms with Gasteiger partial charge in [0.2, 0.25) is 0 Å². The molecule has 0 radical (unpaired) electrons. The molecule has 1 aromatic heterocycles. The van der Waals surface area contributed by atoms with E-state index in [-0.39, 0.29) is 0 Å². The summed E-state index contributed by atoms with van der Waals surface area (Å²) in [6.45, 7) is 6.18. The maximum Gasteiger partial charge on any atom is 0.0940 e. The summed E-state index contributed by atoms with van der Waals surface area (Å²) >= 11 is 1.75. The Hall–Kier alpha value is -0.450. The molecular formula is C12H20N2OS. The van der Waals surface area contributed by atoms with Gasteiger partial charge in [-0.15, -0.1) is 11.3 Å². The van der Waals surface area contributed by atoms with Gasteiger partial charge in [0.15, 0.2) is 0 Å². The van der Waals surface area contributed by atoms with Crippen LogP contribution in [0.1, 0.15) is 30.5 Å². The minimum atomic E-state index is 0.424. The van der Waals surface area contributed by atoms with Crippen molar-refractivity contribution in [2.75, 3.05) is 13.1 Å². The smallest absolute Gasteiger partial charge is 0.0940 e. The fourth-order valence-electron chi connectivity index (χ4n) is 2.01. The van der Waals surface area contributed by atoms with E-state index in [1.165, 1.54) is 17.8 Å². The van der Waals surface area contributed by atoms with Crippen molar-refractivity contribution in [3.63, 3.8) is 0 Å². The van der Waals surface area contributed by atoms with Gasteiger partial charge >= 0.3 is 0 Å². The normalized spacial score (nSPS) is 25.1. The van der Waals surface area contributed by atoms with E-state index >= 15 is 0 Å².